The molecule has 15 heavy (non-hydrogen) atoms. The predicted octanol–water partition coefficient (Wildman–Crippen LogP) is 1.99. The van der Waals surface area contributed by atoms with Crippen molar-refractivity contribution in [2.45, 2.75) is 6.54 Å². The molecular weight excluding hydrogens is 221 g/mol. The summed E-state index contributed by atoms with van der Waals surface area (Å²) in [5, 5.41) is 3.62. The van der Waals surface area contributed by atoms with Crippen molar-refractivity contribution in [3.8, 4) is 11.4 Å². The molecule has 0 unspecified atom stereocenters. The Labute approximate surface area is 89.8 Å². The SMILES string of the molecule is NCc1nc(-c2cccc(F)c2Cl)no1. The second kappa shape index (κ2) is 3.96. The fraction of sp³-hybridized carbons (Fsp3) is 0.111. The summed E-state index contributed by atoms with van der Waals surface area (Å²) in [6, 6.07) is 4.39. The summed E-state index contributed by atoms with van der Waals surface area (Å²) in [7, 11) is 0. The first-order valence-corrected chi connectivity index (χ1v) is 4.57. The first kappa shape index (κ1) is 10.1. The number of aromatic nitrogens is 2. The molecule has 1 aromatic carbocycles. The van der Waals surface area contributed by atoms with Crippen molar-refractivity contribution < 1.29 is 8.91 Å². The second-order valence-corrected chi connectivity index (χ2v) is 3.20. The van der Waals surface area contributed by atoms with Gasteiger partial charge in [-0.25, -0.2) is 4.39 Å². The summed E-state index contributed by atoms with van der Waals surface area (Å²) in [5.74, 6) is -0.00135. The van der Waals surface area contributed by atoms with E-state index in [1.54, 1.807) is 6.07 Å². The van der Waals surface area contributed by atoms with Crippen LogP contribution in [0.3, 0.4) is 0 Å². The molecular formula is C9H7ClFN3O. The molecule has 0 fully saturated rings. The lowest BCUT2D eigenvalue weighted by Crippen LogP contribution is -1.95. The van der Waals surface area contributed by atoms with Gasteiger partial charge in [-0.15, -0.1) is 0 Å². The van der Waals surface area contributed by atoms with Gasteiger partial charge in [0, 0.05) is 5.56 Å². The average molecular weight is 228 g/mol. The number of nitrogens with zero attached hydrogens (tertiary/aromatic N) is 2. The summed E-state index contributed by atoms with van der Waals surface area (Å²) in [5.41, 5.74) is 5.69. The van der Waals surface area contributed by atoms with Gasteiger partial charge < -0.3 is 10.3 Å². The summed E-state index contributed by atoms with van der Waals surface area (Å²) in [6.07, 6.45) is 0. The van der Waals surface area contributed by atoms with Crippen LogP contribution in [0.1, 0.15) is 5.89 Å². The van der Waals surface area contributed by atoms with E-state index in [4.69, 9.17) is 21.9 Å². The standard InChI is InChI=1S/C9H7ClFN3O/c10-8-5(2-1-3-6(8)11)9-13-7(4-12)15-14-9/h1-3H,4,12H2. The van der Waals surface area contributed by atoms with Gasteiger partial charge in [0.2, 0.25) is 11.7 Å². The van der Waals surface area contributed by atoms with Crippen LogP contribution in [0.25, 0.3) is 11.4 Å². The van der Waals surface area contributed by atoms with E-state index in [9.17, 15) is 4.39 Å². The van der Waals surface area contributed by atoms with Crippen molar-refractivity contribution in [3.05, 3.63) is 34.9 Å². The van der Waals surface area contributed by atoms with Crippen LogP contribution in [0.5, 0.6) is 0 Å². The van der Waals surface area contributed by atoms with Crippen LogP contribution in [0, 0.1) is 5.82 Å². The number of rotatable bonds is 2. The van der Waals surface area contributed by atoms with Crippen molar-refractivity contribution in [3.63, 3.8) is 0 Å². The highest BCUT2D eigenvalue weighted by molar-refractivity contribution is 6.33. The van der Waals surface area contributed by atoms with Crippen LogP contribution >= 0.6 is 11.6 Å². The highest BCUT2D eigenvalue weighted by Crippen LogP contribution is 2.27. The van der Waals surface area contributed by atoms with Crippen molar-refractivity contribution in [2.24, 2.45) is 5.73 Å². The first-order valence-electron chi connectivity index (χ1n) is 4.19. The minimum atomic E-state index is -0.520. The lowest BCUT2D eigenvalue weighted by molar-refractivity contribution is 0.380. The molecule has 1 heterocycles. The predicted molar refractivity (Wildman–Crippen MR) is 52.6 cm³/mol. The summed E-state index contributed by atoms with van der Waals surface area (Å²) in [4.78, 5) is 3.95. The van der Waals surface area contributed by atoms with Crippen LogP contribution in [-0.2, 0) is 6.54 Å². The molecule has 0 aliphatic heterocycles. The molecule has 4 nitrogen and oxygen atoms in total. The number of hydrogen-bond acceptors (Lipinski definition) is 4. The first-order chi connectivity index (χ1) is 7.22. The maximum Gasteiger partial charge on any atom is 0.240 e. The Bertz CT molecular complexity index is 486. The van der Waals surface area contributed by atoms with Crippen LogP contribution in [0.15, 0.2) is 22.7 Å². The highest BCUT2D eigenvalue weighted by atomic mass is 35.5. The fourth-order valence-electron chi connectivity index (χ4n) is 1.12. The normalized spacial score (nSPS) is 10.6. The van der Waals surface area contributed by atoms with E-state index in [0.29, 0.717) is 5.56 Å². The third-order valence-corrected chi connectivity index (χ3v) is 2.22. The lowest BCUT2D eigenvalue weighted by Gasteiger charge is -1.98. The van der Waals surface area contributed by atoms with E-state index >= 15 is 0 Å². The van der Waals surface area contributed by atoms with Gasteiger partial charge in [0.05, 0.1) is 11.6 Å². The molecule has 2 rings (SSSR count). The molecule has 0 bridgehead atoms. The molecule has 2 N–H and O–H groups in total. The lowest BCUT2D eigenvalue weighted by atomic mass is 10.2. The molecule has 1 aromatic heterocycles. The molecule has 78 valence electrons. The number of hydrogen-bond donors (Lipinski definition) is 1. The summed E-state index contributed by atoms with van der Waals surface area (Å²) < 4.78 is 17.9. The number of halogens is 2. The molecule has 6 heteroatoms. The monoisotopic (exact) mass is 227 g/mol. The van der Waals surface area contributed by atoms with Gasteiger partial charge in [0.15, 0.2) is 0 Å². The van der Waals surface area contributed by atoms with E-state index < -0.39 is 5.82 Å². The minimum absolute atomic E-state index is 0.0260. The second-order valence-electron chi connectivity index (χ2n) is 2.82. The maximum absolute atomic E-state index is 13.1. The molecule has 0 spiro atoms. The van der Waals surface area contributed by atoms with Gasteiger partial charge in [-0.2, -0.15) is 4.98 Å². The zero-order valence-corrected chi connectivity index (χ0v) is 8.33. The molecule has 0 saturated heterocycles. The van der Waals surface area contributed by atoms with Crippen molar-refractivity contribution in [1.82, 2.24) is 10.1 Å². The van der Waals surface area contributed by atoms with Gasteiger partial charge in [-0.1, -0.05) is 22.8 Å². The largest absolute Gasteiger partial charge is 0.338 e. The van der Waals surface area contributed by atoms with Gasteiger partial charge in [-0.3, -0.25) is 0 Å². The molecule has 2 aromatic rings. The Morgan fingerprint density at radius 2 is 2.27 bits per heavy atom. The molecule has 0 radical (unpaired) electrons. The Morgan fingerprint density at radius 3 is 2.93 bits per heavy atom. The van der Waals surface area contributed by atoms with Crippen LogP contribution < -0.4 is 5.73 Å². The van der Waals surface area contributed by atoms with E-state index in [2.05, 4.69) is 10.1 Å². The number of nitrogens with two attached hydrogens (primary N) is 1. The molecule has 0 aliphatic rings. The molecule has 0 aliphatic carbocycles. The number of benzene rings is 1. The van der Waals surface area contributed by atoms with E-state index in [-0.39, 0.29) is 23.3 Å². The molecule has 0 atom stereocenters. The van der Waals surface area contributed by atoms with Gasteiger partial charge in [0.25, 0.3) is 0 Å². The van der Waals surface area contributed by atoms with Gasteiger partial charge >= 0.3 is 0 Å². The van der Waals surface area contributed by atoms with Crippen molar-refractivity contribution in [1.29, 1.82) is 0 Å². The smallest absolute Gasteiger partial charge is 0.240 e. The van der Waals surface area contributed by atoms with Gasteiger partial charge in [0.1, 0.15) is 5.82 Å². The zero-order valence-electron chi connectivity index (χ0n) is 7.58. The summed E-state index contributed by atoms with van der Waals surface area (Å²) >= 11 is 5.75. The quantitative estimate of drug-likeness (QED) is 0.852. The fourth-order valence-corrected chi connectivity index (χ4v) is 1.33. The van der Waals surface area contributed by atoms with E-state index in [1.165, 1.54) is 12.1 Å². The topological polar surface area (TPSA) is 64.9 Å². The van der Waals surface area contributed by atoms with E-state index in [0.717, 1.165) is 0 Å². The summed E-state index contributed by atoms with van der Waals surface area (Å²) in [6.45, 7) is 0.139. The van der Waals surface area contributed by atoms with E-state index in [1.807, 2.05) is 0 Å². The Kier molecular flexibility index (Phi) is 2.66. The van der Waals surface area contributed by atoms with Crippen molar-refractivity contribution >= 4 is 11.6 Å². The van der Waals surface area contributed by atoms with Crippen LogP contribution in [0.2, 0.25) is 5.02 Å². The molecule has 0 amide bonds. The maximum atomic E-state index is 13.1. The highest BCUT2D eigenvalue weighted by Gasteiger charge is 2.13. The van der Waals surface area contributed by atoms with Crippen LogP contribution in [0.4, 0.5) is 4.39 Å². The Hall–Kier alpha value is -1.46. The average Bonchev–Trinajstić information content (AvgIpc) is 2.70. The van der Waals surface area contributed by atoms with Crippen LogP contribution in [-0.4, -0.2) is 10.1 Å². The van der Waals surface area contributed by atoms with Gasteiger partial charge in [-0.05, 0) is 12.1 Å². The Morgan fingerprint density at radius 1 is 1.47 bits per heavy atom. The third-order valence-electron chi connectivity index (χ3n) is 1.84. The Balaban J connectivity index is 2.49. The minimum Gasteiger partial charge on any atom is -0.338 e. The third kappa shape index (κ3) is 1.84. The molecule has 0 saturated carbocycles. The van der Waals surface area contributed by atoms with Crippen molar-refractivity contribution in [2.75, 3.05) is 0 Å². The zero-order chi connectivity index (χ0) is 10.8.